The average Bonchev–Trinajstić information content (AvgIpc) is 3.34. The monoisotopic (exact) mass is 346 g/mol. The molecule has 7 nitrogen and oxygen atoms in total. The highest BCUT2D eigenvalue weighted by atomic mass is 32.1. The van der Waals surface area contributed by atoms with E-state index >= 15 is 0 Å². The highest BCUT2D eigenvalue weighted by Crippen LogP contribution is 2.28. The van der Waals surface area contributed by atoms with Gasteiger partial charge in [-0.3, -0.25) is 9.59 Å². The van der Waals surface area contributed by atoms with Crippen LogP contribution in [0.2, 0.25) is 0 Å². The number of nitrogens with one attached hydrogen (secondary N) is 1. The molecule has 1 unspecified atom stereocenters. The van der Waals surface area contributed by atoms with Gasteiger partial charge in [0.1, 0.15) is 11.8 Å². The van der Waals surface area contributed by atoms with Crippen LogP contribution >= 0.6 is 11.3 Å². The Bertz CT molecular complexity index is 755. The summed E-state index contributed by atoms with van der Waals surface area (Å²) in [6, 6.07) is -0.475. The number of anilines is 1. The van der Waals surface area contributed by atoms with Gasteiger partial charge in [-0.25, -0.2) is 4.98 Å². The number of thiazole rings is 1. The SMILES string of the molecule is O=C(Nc1nccs1)C1CCCN1C(=O)c1noc2c1CCCC2. The van der Waals surface area contributed by atoms with E-state index in [-0.39, 0.29) is 11.8 Å². The Morgan fingerprint density at radius 3 is 3.00 bits per heavy atom. The molecule has 4 rings (SSSR count). The third kappa shape index (κ3) is 2.71. The molecule has 8 heteroatoms. The van der Waals surface area contributed by atoms with Crippen LogP contribution in [0.3, 0.4) is 0 Å². The van der Waals surface area contributed by atoms with Gasteiger partial charge in [-0.15, -0.1) is 11.3 Å². The van der Waals surface area contributed by atoms with Crippen LogP contribution < -0.4 is 5.32 Å². The maximum absolute atomic E-state index is 12.9. The Balaban J connectivity index is 1.53. The van der Waals surface area contributed by atoms with Gasteiger partial charge in [-0.2, -0.15) is 0 Å². The van der Waals surface area contributed by atoms with Crippen LogP contribution in [0, 0.1) is 0 Å². The van der Waals surface area contributed by atoms with Crippen molar-refractivity contribution in [3.8, 4) is 0 Å². The summed E-state index contributed by atoms with van der Waals surface area (Å²) in [7, 11) is 0. The first-order valence-corrected chi connectivity index (χ1v) is 9.11. The fraction of sp³-hybridized carbons (Fsp3) is 0.500. The van der Waals surface area contributed by atoms with Crippen LogP contribution in [0.4, 0.5) is 5.13 Å². The van der Waals surface area contributed by atoms with Gasteiger partial charge >= 0.3 is 0 Å². The van der Waals surface area contributed by atoms with E-state index in [1.54, 1.807) is 16.5 Å². The normalized spacial score (nSPS) is 20.0. The number of hydrogen-bond donors (Lipinski definition) is 1. The van der Waals surface area contributed by atoms with Gasteiger partial charge in [0.25, 0.3) is 5.91 Å². The quantitative estimate of drug-likeness (QED) is 0.921. The molecule has 2 amide bonds. The Hall–Kier alpha value is -2.22. The van der Waals surface area contributed by atoms with Crippen molar-refractivity contribution in [2.24, 2.45) is 0 Å². The zero-order chi connectivity index (χ0) is 16.5. The predicted octanol–water partition coefficient (Wildman–Crippen LogP) is 2.25. The second-order valence-electron chi connectivity index (χ2n) is 6.12. The molecule has 1 aliphatic heterocycles. The molecular formula is C16H18N4O3S. The molecule has 0 bridgehead atoms. The van der Waals surface area contributed by atoms with E-state index in [1.165, 1.54) is 11.3 Å². The molecule has 2 aromatic rings. The van der Waals surface area contributed by atoms with E-state index in [9.17, 15) is 9.59 Å². The average molecular weight is 346 g/mol. The van der Waals surface area contributed by atoms with E-state index in [1.807, 2.05) is 0 Å². The maximum Gasteiger partial charge on any atom is 0.277 e. The second-order valence-corrected chi connectivity index (χ2v) is 7.02. The number of hydrogen-bond acceptors (Lipinski definition) is 6. The molecule has 2 aromatic heterocycles. The third-order valence-corrected chi connectivity index (χ3v) is 5.32. The van der Waals surface area contributed by atoms with Gasteiger partial charge in [0.2, 0.25) is 5.91 Å². The largest absolute Gasteiger partial charge is 0.360 e. The minimum Gasteiger partial charge on any atom is -0.360 e. The minimum atomic E-state index is -0.475. The number of rotatable bonds is 3. The van der Waals surface area contributed by atoms with Crippen molar-refractivity contribution in [2.45, 2.75) is 44.6 Å². The van der Waals surface area contributed by atoms with Crippen LogP contribution in [-0.4, -0.2) is 39.4 Å². The van der Waals surface area contributed by atoms with Crippen LogP contribution in [-0.2, 0) is 17.6 Å². The van der Waals surface area contributed by atoms with Crippen molar-refractivity contribution >= 4 is 28.3 Å². The first kappa shape index (κ1) is 15.3. The number of amides is 2. The highest BCUT2D eigenvalue weighted by Gasteiger charge is 2.37. The number of fused-ring (bicyclic) bond motifs is 1. The number of likely N-dealkylation sites (tertiary alicyclic amines) is 1. The first-order valence-electron chi connectivity index (χ1n) is 8.23. The number of carbonyl (C=O) groups excluding carboxylic acids is 2. The minimum absolute atomic E-state index is 0.187. The fourth-order valence-corrected chi connectivity index (χ4v) is 3.98. The molecule has 1 saturated heterocycles. The Morgan fingerprint density at radius 1 is 1.29 bits per heavy atom. The van der Waals surface area contributed by atoms with Gasteiger partial charge < -0.3 is 14.7 Å². The number of aryl methyl sites for hydroxylation is 1. The summed E-state index contributed by atoms with van der Waals surface area (Å²) in [4.78, 5) is 31.1. The zero-order valence-electron chi connectivity index (χ0n) is 13.2. The molecule has 24 heavy (non-hydrogen) atoms. The molecule has 126 valence electrons. The van der Waals surface area contributed by atoms with Crippen LogP contribution in [0.5, 0.6) is 0 Å². The highest BCUT2D eigenvalue weighted by molar-refractivity contribution is 7.13. The Labute approximate surface area is 143 Å². The molecule has 3 heterocycles. The lowest BCUT2D eigenvalue weighted by Gasteiger charge is -2.23. The number of aromatic nitrogens is 2. The fourth-order valence-electron chi connectivity index (χ4n) is 3.45. The molecule has 0 spiro atoms. The van der Waals surface area contributed by atoms with Crippen molar-refractivity contribution in [3.05, 3.63) is 28.6 Å². The molecule has 0 saturated carbocycles. The molecule has 1 aliphatic carbocycles. The third-order valence-electron chi connectivity index (χ3n) is 4.63. The molecular weight excluding hydrogens is 328 g/mol. The van der Waals surface area contributed by atoms with Crippen LogP contribution in [0.15, 0.2) is 16.1 Å². The molecule has 1 fully saturated rings. The molecule has 0 aromatic carbocycles. The van der Waals surface area contributed by atoms with Crippen molar-refractivity contribution < 1.29 is 14.1 Å². The van der Waals surface area contributed by atoms with E-state index in [2.05, 4.69) is 15.5 Å². The van der Waals surface area contributed by atoms with E-state index in [0.29, 0.717) is 23.8 Å². The van der Waals surface area contributed by atoms with Crippen LogP contribution in [0.25, 0.3) is 0 Å². The first-order chi connectivity index (χ1) is 11.7. The summed E-state index contributed by atoms with van der Waals surface area (Å²) in [6.45, 7) is 0.566. The summed E-state index contributed by atoms with van der Waals surface area (Å²) in [5, 5.41) is 9.14. The number of carbonyl (C=O) groups is 2. The number of nitrogens with zero attached hydrogens (tertiary/aromatic N) is 3. The van der Waals surface area contributed by atoms with Gasteiger partial charge in [-0.05, 0) is 32.1 Å². The topological polar surface area (TPSA) is 88.3 Å². The standard InChI is InChI=1S/C16H18N4O3S/c21-14(18-16-17-7-9-24-16)11-5-3-8-20(11)15(22)13-10-4-1-2-6-12(10)23-19-13/h7,9,11H,1-6,8H2,(H,17,18,21). The van der Waals surface area contributed by atoms with Crippen LogP contribution in [0.1, 0.15) is 47.5 Å². The van der Waals surface area contributed by atoms with Crippen molar-refractivity contribution in [2.75, 3.05) is 11.9 Å². The summed E-state index contributed by atoms with van der Waals surface area (Å²) in [5.74, 6) is 0.444. The smallest absolute Gasteiger partial charge is 0.277 e. The maximum atomic E-state index is 12.9. The Morgan fingerprint density at radius 2 is 2.17 bits per heavy atom. The van der Waals surface area contributed by atoms with Crippen molar-refractivity contribution in [1.29, 1.82) is 0 Å². The summed E-state index contributed by atoms with van der Waals surface area (Å²) >= 11 is 1.36. The van der Waals surface area contributed by atoms with E-state index in [4.69, 9.17) is 4.52 Å². The van der Waals surface area contributed by atoms with Gasteiger partial charge in [-0.1, -0.05) is 5.16 Å². The zero-order valence-corrected chi connectivity index (χ0v) is 14.0. The van der Waals surface area contributed by atoms with Crippen molar-refractivity contribution in [1.82, 2.24) is 15.0 Å². The lowest BCUT2D eigenvalue weighted by Crippen LogP contribution is -2.43. The van der Waals surface area contributed by atoms with Crippen molar-refractivity contribution in [3.63, 3.8) is 0 Å². The molecule has 1 atom stereocenters. The van der Waals surface area contributed by atoms with Gasteiger partial charge in [0, 0.05) is 30.1 Å². The molecule has 0 radical (unpaired) electrons. The van der Waals surface area contributed by atoms with E-state index < -0.39 is 6.04 Å². The summed E-state index contributed by atoms with van der Waals surface area (Å²) in [5.41, 5.74) is 1.32. The van der Waals surface area contributed by atoms with Gasteiger partial charge in [0.15, 0.2) is 10.8 Å². The second kappa shape index (κ2) is 6.35. The Kier molecular flexibility index (Phi) is 4.05. The summed E-state index contributed by atoms with van der Waals surface area (Å²) < 4.78 is 5.34. The predicted molar refractivity (Wildman–Crippen MR) is 87.9 cm³/mol. The summed E-state index contributed by atoms with van der Waals surface area (Å²) in [6.07, 6.45) is 6.87. The van der Waals surface area contributed by atoms with Gasteiger partial charge in [0.05, 0.1) is 0 Å². The lowest BCUT2D eigenvalue weighted by molar-refractivity contribution is -0.119. The van der Waals surface area contributed by atoms with E-state index in [0.717, 1.165) is 43.4 Å². The molecule has 2 aliphatic rings. The molecule has 1 N–H and O–H groups in total. The lowest BCUT2D eigenvalue weighted by atomic mass is 9.96.